The molecular formula is C19H22O6S. The van der Waals surface area contributed by atoms with E-state index in [4.69, 9.17) is 14.0 Å². The maximum absolute atomic E-state index is 12.0. The molecule has 0 saturated heterocycles. The minimum Gasteiger partial charge on any atom is -0.494 e. The molecule has 1 atom stereocenters. The number of esters is 1. The predicted octanol–water partition coefficient (Wildman–Crippen LogP) is 3.73. The first-order valence-corrected chi connectivity index (χ1v) is 9.83. The van der Waals surface area contributed by atoms with Gasteiger partial charge in [0.15, 0.2) is 0 Å². The van der Waals surface area contributed by atoms with E-state index >= 15 is 0 Å². The molecule has 0 aliphatic heterocycles. The quantitative estimate of drug-likeness (QED) is 0.309. The van der Waals surface area contributed by atoms with Crippen LogP contribution in [0.25, 0.3) is 0 Å². The molecule has 2 aromatic rings. The fourth-order valence-electron chi connectivity index (χ4n) is 2.21. The van der Waals surface area contributed by atoms with E-state index in [0.29, 0.717) is 42.9 Å². The summed E-state index contributed by atoms with van der Waals surface area (Å²) in [7, 11) is -3.96. The van der Waals surface area contributed by atoms with Gasteiger partial charge in [-0.05, 0) is 62.6 Å². The van der Waals surface area contributed by atoms with Gasteiger partial charge in [-0.15, -0.1) is 0 Å². The van der Waals surface area contributed by atoms with Gasteiger partial charge in [0.1, 0.15) is 11.5 Å². The van der Waals surface area contributed by atoms with Crippen LogP contribution in [0.2, 0.25) is 0 Å². The highest BCUT2D eigenvalue weighted by Crippen LogP contribution is 2.16. The Morgan fingerprint density at radius 3 is 2.27 bits per heavy atom. The number of para-hydroxylation sites is 1. The monoisotopic (exact) mass is 378 g/mol. The average Bonchev–Trinajstić information content (AvgIpc) is 2.62. The van der Waals surface area contributed by atoms with Crippen molar-refractivity contribution in [1.82, 2.24) is 0 Å². The standard InChI is InChI=1S/C19H22O6S/c1-15(26(21,22)23)7-5-6-14-24-17-12-10-16(11-13-17)19(20)25-18-8-3-2-4-9-18/h2-4,8-13,15H,5-7,14H2,1H3,(H,21,22,23). The molecule has 0 spiro atoms. The van der Waals surface area contributed by atoms with Crippen molar-refractivity contribution in [2.45, 2.75) is 31.4 Å². The summed E-state index contributed by atoms with van der Waals surface area (Å²) in [5.41, 5.74) is 0.420. The molecule has 0 aliphatic rings. The molecule has 1 N–H and O–H groups in total. The molecular weight excluding hydrogens is 356 g/mol. The molecule has 0 fully saturated rings. The zero-order valence-electron chi connectivity index (χ0n) is 14.5. The Kier molecular flexibility index (Phi) is 7.17. The lowest BCUT2D eigenvalue weighted by Crippen LogP contribution is -2.16. The van der Waals surface area contributed by atoms with Crippen molar-refractivity contribution in [1.29, 1.82) is 0 Å². The molecule has 0 heterocycles. The molecule has 6 nitrogen and oxygen atoms in total. The van der Waals surface area contributed by atoms with Gasteiger partial charge >= 0.3 is 5.97 Å². The Hall–Kier alpha value is -2.38. The van der Waals surface area contributed by atoms with E-state index in [9.17, 15) is 13.2 Å². The van der Waals surface area contributed by atoms with Gasteiger partial charge in [0.25, 0.3) is 10.1 Å². The lowest BCUT2D eigenvalue weighted by Gasteiger charge is -2.09. The van der Waals surface area contributed by atoms with Gasteiger partial charge in [-0.3, -0.25) is 4.55 Å². The molecule has 0 bridgehead atoms. The number of carbonyl (C=O) groups is 1. The van der Waals surface area contributed by atoms with E-state index in [1.54, 1.807) is 48.5 Å². The van der Waals surface area contributed by atoms with Crippen molar-refractivity contribution < 1.29 is 27.2 Å². The average molecular weight is 378 g/mol. The maximum Gasteiger partial charge on any atom is 0.343 e. The first kappa shape index (κ1) is 19.9. The van der Waals surface area contributed by atoms with Crippen LogP contribution in [0.4, 0.5) is 0 Å². The zero-order valence-corrected chi connectivity index (χ0v) is 15.3. The van der Waals surface area contributed by atoms with Crippen LogP contribution in [0.15, 0.2) is 54.6 Å². The van der Waals surface area contributed by atoms with Crippen LogP contribution in [0.5, 0.6) is 11.5 Å². The van der Waals surface area contributed by atoms with Crippen molar-refractivity contribution in [3.63, 3.8) is 0 Å². The van der Waals surface area contributed by atoms with E-state index in [1.807, 2.05) is 6.07 Å². The summed E-state index contributed by atoms with van der Waals surface area (Å²) in [6, 6.07) is 15.4. The highest BCUT2D eigenvalue weighted by atomic mass is 32.2. The van der Waals surface area contributed by atoms with E-state index in [1.165, 1.54) is 6.92 Å². The minimum absolute atomic E-state index is 0.381. The van der Waals surface area contributed by atoms with Crippen molar-refractivity contribution in [3.05, 3.63) is 60.2 Å². The Bertz CT molecular complexity index is 800. The first-order chi connectivity index (χ1) is 12.4. The fourth-order valence-corrected chi connectivity index (χ4v) is 2.68. The van der Waals surface area contributed by atoms with Crippen molar-refractivity contribution >= 4 is 16.1 Å². The third kappa shape index (κ3) is 6.50. The zero-order chi connectivity index (χ0) is 19.0. The van der Waals surface area contributed by atoms with Gasteiger partial charge in [0, 0.05) is 0 Å². The smallest absolute Gasteiger partial charge is 0.343 e. The number of hydrogen-bond donors (Lipinski definition) is 1. The molecule has 0 radical (unpaired) electrons. The van der Waals surface area contributed by atoms with Gasteiger partial charge in [-0.1, -0.05) is 18.2 Å². The second-order valence-electron chi connectivity index (χ2n) is 5.90. The maximum atomic E-state index is 12.0. The number of hydrogen-bond acceptors (Lipinski definition) is 5. The van der Waals surface area contributed by atoms with Crippen molar-refractivity contribution in [2.24, 2.45) is 0 Å². The summed E-state index contributed by atoms with van der Waals surface area (Å²) in [6.07, 6.45) is 1.67. The van der Waals surface area contributed by atoms with Gasteiger partial charge in [-0.2, -0.15) is 8.42 Å². The summed E-state index contributed by atoms with van der Waals surface area (Å²) in [6.45, 7) is 1.90. The summed E-state index contributed by atoms with van der Waals surface area (Å²) in [4.78, 5) is 12.0. The summed E-state index contributed by atoms with van der Waals surface area (Å²) in [5.74, 6) is 0.656. The van der Waals surface area contributed by atoms with E-state index < -0.39 is 21.3 Å². The molecule has 0 aliphatic carbocycles. The number of rotatable bonds is 9. The van der Waals surface area contributed by atoms with Gasteiger partial charge < -0.3 is 9.47 Å². The third-order valence-corrected chi connectivity index (χ3v) is 5.08. The normalized spacial score (nSPS) is 12.4. The van der Waals surface area contributed by atoms with E-state index in [-0.39, 0.29) is 0 Å². The third-order valence-electron chi connectivity index (χ3n) is 3.83. The molecule has 2 aromatic carbocycles. The fraction of sp³-hybridized carbons (Fsp3) is 0.316. The largest absolute Gasteiger partial charge is 0.494 e. The van der Waals surface area contributed by atoms with Gasteiger partial charge in [0.05, 0.1) is 17.4 Å². The summed E-state index contributed by atoms with van der Waals surface area (Å²) < 4.78 is 41.5. The number of benzene rings is 2. The number of ether oxygens (including phenoxy) is 2. The topological polar surface area (TPSA) is 89.9 Å². The molecule has 1 unspecified atom stereocenters. The van der Waals surface area contributed by atoms with Crippen LogP contribution in [-0.2, 0) is 10.1 Å². The highest BCUT2D eigenvalue weighted by Gasteiger charge is 2.16. The van der Waals surface area contributed by atoms with Crippen LogP contribution in [-0.4, -0.2) is 30.8 Å². The highest BCUT2D eigenvalue weighted by molar-refractivity contribution is 7.86. The van der Waals surface area contributed by atoms with Gasteiger partial charge in [-0.25, -0.2) is 4.79 Å². The lowest BCUT2D eigenvalue weighted by molar-refractivity contribution is 0.0734. The van der Waals surface area contributed by atoms with Crippen LogP contribution < -0.4 is 9.47 Å². The van der Waals surface area contributed by atoms with E-state index in [0.717, 1.165) is 0 Å². The Morgan fingerprint density at radius 2 is 1.65 bits per heavy atom. The second-order valence-corrected chi connectivity index (χ2v) is 7.73. The Balaban J connectivity index is 1.74. The van der Waals surface area contributed by atoms with Crippen molar-refractivity contribution in [2.75, 3.05) is 6.61 Å². The molecule has 140 valence electrons. The second kappa shape index (κ2) is 9.35. The predicted molar refractivity (Wildman–Crippen MR) is 98.2 cm³/mol. The molecule has 26 heavy (non-hydrogen) atoms. The molecule has 0 saturated carbocycles. The Labute approximate surface area is 153 Å². The molecule has 7 heteroatoms. The SMILES string of the molecule is CC(CCCCOc1ccc(C(=O)Oc2ccccc2)cc1)S(=O)(=O)O. The molecule has 2 rings (SSSR count). The first-order valence-electron chi connectivity index (χ1n) is 8.32. The van der Waals surface area contributed by atoms with Crippen LogP contribution >= 0.6 is 0 Å². The number of carbonyl (C=O) groups excluding carboxylic acids is 1. The number of unbranched alkanes of at least 4 members (excludes halogenated alkanes) is 1. The lowest BCUT2D eigenvalue weighted by atomic mass is 10.2. The van der Waals surface area contributed by atoms with E-state index in [2.05, 4.69) is 0 Å². The molecule has 0 amide bonds. The van der Waals surface area contributed by atoms with Crippen LogP contribution in [0.3, 0.4) is 0 Å². The van der Waals surface area contributed by atoms with Crippen LogP contribution in [0.1, 0.15) is 36.5 Å². The summed E-state index contributed by atoms with van der Waals surface area (Å²) in [5, 5.41) is -0.766. The Morgan fingerprint density at radius 1 is 1.00 bits per heavy atom. The summed E-state index contributed by atoms with van der Waals surface area (Å²) >= 11 is 0. The van der Waals surface area contributed by atoms with Crippen LogP contribution in [0, 0.1) is 0 Å². The van der Waals surface area contributed by atoms with Crippen molar-refractivity contribution in [3.8, 4) is 11.5 Å². The van der Waals surface area contributed by atoms with Gasteiger partial charge in [0.2, 0.25) is 0 Å². The minimum atomic E-state index is -3.96. The molecule has 0 aromatic heterocycles.